The van der Waals surface area contributed by atoms with Gasteiger partial charge < -0.3 is 15.0 Å². The molecule has 3 nitrogen and oxygen atoms in total. The first-order valence-electron chi connectivity index (χ1n) is 6.77. The molecule has 1 aliphatic rings. The van der Waals surface area contributed by atoms with E-state index in [4.69, 9.17) is 4.74 Å². The van der Waals surface area contributed by atoms with Crippen molar-refractivity contribution in [2.24, 2.45) is 5.92 Å². The molecule has 0 aliphatic carbocycles. The molecule has 1 heterocycles. The van der Waals surface area contributed by atoms with Crippen molar-refractivity contribution in [2.45, 2.75) is 26.5 Å². The third kappa shape index (κ3) is 3.03. The van der Waals surface area contributed by atoms with E-state index in [1.54, 1.807) is 7.11 Å². The van der Waals surface area contributed by atoms with Crippen LogP contribution in [-0.4, -0.2) is 32.8 Å². The van der Waals surface area contributed by atoms with Crippen molar-refractivity contribution >= 4 is 5.69 Å². The quantitative estimate of drug-likeness (QED) is 0.884. The Labute approximate surface area is 110 Å². The summed E-state index contributed by atoms with van der Waals surface area (Å²) in [5.41, 5.74) is 2.57. The average Bonchev–Trinajstić information content (AvgIpc) is 2.39. The van der Waals surface area contributed by atoms with Crippen LogP contribution in [0.4, 0.5) is 5.69 Å². The lowest BCUT2D eigenvalue weighted by atomic mass is 9.99. The van der Waals surface area contributed by atoms with E-state index in [0.717, 1.165) is 19.6 Å². The van der Waals surface area contributed by atoms with E-state index in [1.807, 2.05) is 0 Å². The van der Waals surface area contributed by atoms with Crippen molar-refractivity contribution < 1.29 is 4.74 Å². The van der Waals surface area contributed by atoms with Gasteiger partial charge in [0, 0.05) is 38.5 Å². The molecule has 0 radical (unpaired) electrons. The molecule has 0 saturated carbocycles. The number of ether oxygens (including phenoxy) is 1. The Morgan fingerprint density at radius 1 is 1.44 bits per heavy atom. The largest absolute Gasteiger partial charge is 0.380 e. The van der Waals surface area contributed by atoms with Gasteiger partial charge in [-0.25, -0.2) is 0 Å². The molecule has 0 spiro atoms. The zero-order valence-corrected chi connectivity index (χ0v) is 11.6. The van der Waals surface area contributed by atoms with Crippen molar-refractivity contribution in [1.82, 2.24) is 5.32 Å². The van der Waals surface area contributed by atoms with Gasteiger partial charge in [-0.15, -0.1) is 0 Å². The highest BCUT2D eigenvalue weighted by Crippen LogP contribution is 2.23. The van der Waals surface area contributed by atoms with Crippen molar-refractivity contribution in [2.75, 3.05) is 31.6 Å². The van der Waals surface area contributed by atoms with Crippen LogP contribution in [0, 0.1) is 5.92 Å². The fourth-order valence-corrected chi connectivity index (χ4v) is 2.63. The van der Waals surface area contributed by atoms with Crippen LogP contribution in [0.3, 0.4) is 0 Å². The standard InChI is InChI=1S/C15H24N2O/c1-12(2)15-10-16-7-8-17(15)14-6-4-5-13(9-14)11-18-3/h4-6,9,12,15-16H,7-8,10-11H2,1-3H3. The van der Waals surface area contributed by atoms with Crippen LogP contribution < -0.4 is 10.2 Å². The topological polar surface area (TPSA) is 24.5 Å². The van der Waals surface area contributed by atoms with E-state index in [9.17, 15) is 0 Å². The molecular formula is C15H24N2O. The summed E-state index contributed by atoms with van der Waals surface area (Å²) in [6, 6.07) is 9.30. The van der Waals surface area contributed by atoms with Gasteiger partial charge in [-0.3, -0.25) is 0 Å². The summed E-state index contributed by atoms with van der Waals surface area (Å²) in [5.74, 6) is 0.656. The van der Waals surface area contributed by atoms with Gasteiger partial charge in [0.05, 0.1) is 6.61 Å². The lowest BCUT2D eigenvalue weighted by Crippen LogP contribution is -2.53. The van der Waals surface area contributed by atoms with Gasteiger partial charge in [0.15, 0.2) is 0 Å². The molecule has 1 saturated heterocycles. The van der Waals surface area contributed by atoms with Gasteiger partial charge >= 0.3 is 0 Å². The summed E-state index contributed by atoms with van der Waals surface area (Å²) in [6.45, 7) is 8.50. The predicted octanol–water partition coefficient (Wildman–Crippen LogP) is 2.27. The van der Waals surface area contributed by atoms with E-state index in [2.05, 4.69) is 48.3 Å². The molecule has 0 bridgehead atoms. The lowest BCUT2D eigenvalue weighted by molar-refractivity contribution is 0.185. The Balaban J connectivity index is 2.19. The molecule has 1 atom stereocenters. The molecule has 1 unspecified atom stereocenters. The van der Waals surface area contributed by atoms with Crippen LogP contribution in [0.25, 0.3) is 0 Å². The van der Waals surface area contributed by atoms with Gasteiger partial charge in [-0.2, -0.15) is 0 Å². The highest BCUT2D eigenvalue weighted by Gasteiger charge is 2.24. The second-order valence-electron chi connectivity index (χ2n) is 5.31. The Morgan fingerprint density at radius 3 is 3.00 bits per heavy atom. The molecule has 0 amide bonds. The smallest absolute Gasteiger partial charge is 0.0713 e. The highest BCUT2D eigenvalue weighted by molar-refractivity contribution is 5.50. The second kappa shape index (κ2) is 6.21. The number of anilines is 1. The minimum Gasteiger partial charge on any atom is -0.380 e. The summed E-state index contributed by atoms with van der Waals surface area (Å²) < 4.78 is 5.21. The van der Waals surface area contributed by atoms with Crippen LogP contribution in [0.1, 0.15) is 19.4 Å². The summed E-state index contributed by atoms with van der Waals surface area (Å²) >= 11 is 0. The minimum atomic E-state index is 0.580. The van der Waals surface area contributed by atoms with Crippen LogP contribution in [0.5, 0.6) is 0 Å². The van der Waals surface area contributed by atoms with Gasteiger partial charge in [0.25, 0.3) is 0 Å². The first-order chi connectivity index (χ1) is 8.72. The summed E-state index contributed by atoms with van der Waals surface area (Å²) in [7, 11) is 1.74. The maximum Gasteiger partial charge on any atom is 0.0713 e. The molecule has 1 aliphatic heterocycles. The third-order valence-corrected chi connectivity index (χ3v) is 3.61. The Hall–Kier alpha value is -1.06. The summed E-state index contributed by atoms with van der Waals surface area (Å²) in [5, 5.41) is 3.49. The highest BCUT2D eigenvalue weighted by atomic mass is 16.5. The fraction of sp³-hybridized carbons (Fsp3) is 0.600. The van der Waals surface area contributed by atoms with Crippen LogP contribution in [-0.2, 0) is 11.3 Å². The van der Waals surface area contributed by atoms with Crippen LogP contribution >= 0.6 is 0 Å². The number of nitrogens with zero attached hydrogens (tertiary/aromatic N) is 1. The number of piperazine rings is 1. The number of hydrogen-bond donors (Lipinski definition) is 1. The molecule has 1 aromatic carbocycles. The van der Waals surface area contributed by atoms with E-state index in [0.29, 0.717) is 18.6 Å². The molecule has 18 heavy (non-hydrogen) atoms. The normalized spacial score (nSPS) is 20.4. The van der Waals surface area contributed by atoms with Gasteiger partial charge in [0.2, 0.25) is 0 Å². The van der Waals surface area contributed by atoms with Crippen LogP contribution in [0.2, 0.25) is 0 Å². The Morgan fingerprint density at radius 2 is 2.28 bits per heavy atom. The molecule has 1 N–H and O–H groups in total. The fourth-order valence-electron chi connectivity index (χ4n) is 2.63. The van der Waals surface area contributed by atoms with E-state index >= 15 is 0 Å². The molecule has 0 aromatic heterocycles. The van der Waals surface area contributed by atoms with Gasteiger partial charge in [0.1, 0.15) is 0 Å². The van der Waals surface area contributed by atoms with Crippen molar-refractivity contribution in [3.8, 4) is 0 Å². The average molecular weight is 248 g/mol. The number of hydrogen-bond acceptors (Lipinski definition) is 3. The lowest BCUT2D eigenvalue weighted by Gasteiger charge is -2.40. The van der Waals surface area contributed by atoms with E-state index in [-0.39, 0.29) is 0 Å². The molecular weight excluding hydrogens is 224 g/mol. The maximum atomic E-state index is 5.21. The number of nitrogens with one attached hydrogen (secondary N) is 1. The number of methoxy groups -OCH3 is 1. The van der Waals surface area contributed by atoms with E-state index in [1.165, 1.54) is 11.3 Å². The summed E-state index contributed by atoms with van der Waals surface area (Å²) in [6.07, 6.45) is 0. The van der Waals surface area contributed by atoms with Gasteiger partial charge in [-0.1, -0.05) is 26.0 Å². The first-order valence-corrected chi connectivity index (χ1v) is 6.77. The number of benzene rings is 1. The second-order valence-corrected chi connectivity index (χ2v) is 5.31. The zero-order valence-electron chi connectivity index (χ0n) is 11.6. The summed E-state index contributed by atoms with van der Waals surface area (Å²) in [4.78, 5) is 2.53. The van der Waals surface area contributed by atoms with Crippen molar-refractivity contribution in [3.05, 3.63) is 29.8 Å². The third-order valence-electron chi connectivity index (χ3n) is 3.61. The van der Waals surface area contributed by atoms with Gasteiger partial charge in [-0.05, 0) is 23.6 Å². The monoisotopic (exact) mass is 248 g/mol. The van der Waals surface area contributed by atoms with Crippen molar-refractivity contribution in [1.29, 1.82) is 0 Å². The maximum absolute atomic E-state index is 5.21. The molecule has 1 aromatic rings. The molecule has 100 valence electrons. The zero-order chi connectivity index (χ0) is 13.0. The Bertz CT molecular complexity index is 379. The first kappa shape index (κ1) is 13.4. The predicted molar refractivity (Wildman–Crippen MR) is 76.0 cm³/mol. The van der Waals surface area contributed by atoms with Crippen molar-refractivity contribution in [3.63, 3.8) is 0 Å². The minimum absolute atomic E-state index is 0.580. The Kier molecular flexibility index (Phi) is 4.61. The van der Waals surface area contributed by atoms with Crippen LogP contribution in [0.15, 0.2) is 24.3 Å². The molecule has 3 heteroatoms. The molecule has 2 rings (SSSR count). The SMILES string of the molecule is COCc1cccc(N2CCNCC2C(C)C)c1. The molecule has 1 fully saturated rings. The number of rotatable bonds is 4. The van der Waals surface area contributed by atoms with E-state index < -0.39 is 0 Å².